The third kappa shape index (κ3) is 3.93. The van der Waals surface area contributed by atoms with E-state index in [2.05, 4.69) is 10.3 Å². The number of Topliss-reactive ketones (excluding diaryl/α,β-unsaturated/α-hetero) is 1. The Morgan fingerprint density at radius 1 is 1.29 bits per heavy atom. The lowest BCUT2D eigenvalue weighted by Gasteiger charge is -2.26. The van der Waals surface area contributed by atoms with Gasteiger partial charge in [-0.3, -0.25) is 14.4 Å². The van der Waals surface area contributed by atoms with Crippen molar-refractivity contribution in [1.82, 2.24) is 10.3 Å². The van der Waals surface area contributed by atoms with Crippen molar-refractivity contribution in [3.05, 3.63) is 23.5 Å². The largest absolute Gasteiger partial charge is 0.481 e. The lowest BCUT2D eigenvalue weighted by Crippen LogP contribution is -2.32. The predicted molar refractivity (Wildman–Crippen MR) is 76.2 cm³/mol. The van der Waals surface area contributed by atoms with E-state index in [-0.39, 0.29) is 17.6 Å². The van der Waals surface area contributed by atoms with Gasteiger partial charge >= 0.3 is 5.97 Å². The van der Waals surface area contributed by atoms with Crippen LogP contribution in [0.25, 0.3) is 0 Å². The number of rotatable bonds is 5. The first kappa shape index (κ1) is 15.3. The number of carbonyl (C=O) groups is 3. The molecular formula is C15H20N2O4. The number of ketones is 1. The van der Waals surface area contributed by atoms with Crippen LogP contribution in [0.15, 0.2) is 12.3 Å². The number of nitrogens with one attached hydrogen (secondary N) is 2. The van der Waals surface area contributed by atoms with Gasteiger partial charge in [-0.05, 0) is 44.6 Å². The molecule has 0 atom stereocenters. The van der Waals surface area contributed by atoms with Crippen LogP contribution in [-0.4, -0.2) is 34.3 Å². The molecule has 1 aromatic rings. The van der Waals surface area contributed by atoms with Gasteiger partial charge in [-0.1, -0.05) is 0 Å². The lowest BCUT2D eigenvalue weighted by atomic mass is 9.82. The molecule has 3 N–H and O–H groups in total. The maximum atomic E-state index is 11.9. The fraction of sp³-hybridized carbons (Fsp3) is 0.533. The minimum Gasteiger partial charge on any atom is -0.481 e. The van der Waals surface area contributed by atoms with E-state index in [1.54, 1.807) is 6.07 Å². The van der Waals surface area contributed by atoms with Crippen molar-refractivity contribution in [2.45, 2.75) is 32.6 Å². The first-order valence-electron chi connectivity index (χ1n) is 7.17. The number of amides is 1. The minimum atomic E-state index is -0.722. The quantitative estimate of drug-likeness (QED) is 0.721. The monoisotopic (exact) mass is 292 g/mol. The number of hydrogen-bond donors (Lipinski definition) is 3. The molecule has 2 rings (SSSR count). The molecule has 1 aliphatic carbocycles. The summed E-state index contributed by atoms with van der Waals surface area (Å²) in [6.07, 6.45) is 4.51. The molecule has 1 heterocycles. The van der Waals surface area contributed by atoms with Crippen LogP contribution in [0.5, 0.6) is 0 Å². The number of hydrogen-bond acceptors (Lipinski definition) is 3. The molecule has 21 heavy (non-hydrogen) atoms. The highest BCUT2D eigenvalue weighted by atomic mass is 16.4. The number of aromatic amines is 1. The van der Waals surface area contributed by atoms with Crippen molar-refractivity contribution in [2.24, 2.45) is 11.8 Å². The van der Waals surface area contributed by atoms with Crippen LogP contribution in [-0.2, 0) is 4.79 Å². The summed E-state index contributed by atoms with van der Waals surface area (Å²) in [4.78, 5) is 36.8. The molecule has 0 bridgehead atoms. The molecule has 0 saturated heterocycles. The molecule has 0 radical (unpaired) electrons. The predicted octanol–water partition coefficient (Wildman–Crippen LogP) is 1.84. The third-order valence-corrected chi connectivity index (χ3v) is 4.08. The molecule has 0 aromatic carbocycles. The van der Waals surface area contributed by atoms with Gasteiger partial charge in [0.05, 0.1) is 5.92 Å². The third-order valence-electron chi connectivity index (χ3n) is 4.08. The van der Waals surface area contributed by atoms with Crippen molar-refractivity contribution in [1.29, 1.82) is 0 Å². The summed E-state index contributed by atoms with van der Waals surface area (Å²) in [5, 5.41) is 11.8. The molecule has 1 aromatic heterocycles. The smallest absolute Gasteiger partial charge is 0.306 e. The standard InChI is InChI=1S/C15H20N2O4/c1-9(18)12-6-13(16-8-12)14(19)17-7-10-2-4-11(5-3-10)15(20)21/h6,8,10-11,16H,2-5,7H2,1H3,(H,17,19)(H,20,21). The van der Waals surface area contributed by atoms with Gasteiger partial charge in [0.2, 0.25) is 0 Å². The minimum absolute atomic E-state index is 0.0858. The van der Waals surface area contributed by atoms with Crippen molar-refractivity contribution >= 4 is 17.7 Å². The Morgan fingerprint density at radius 2 is 1.95 bits per heavy atom. The van der Waals surface area contributed by atoms with Crippen LogP contribution in [0.3, 0.4) is 0 Å². The molecule has 1 amide bonds. The van der Waals surface area contributed by atoms with Gasteiger partial charge in [-0.2, -0.15) is 0 Å². The molecule has 6 heteroatoms. The maximum absolute atomic E-state index is 11.9. The number of carboxylic acid groups (broad SMARTS) is 1. The molecule has 0 unspecified atom stereocenters. The second-order valence-corrected chi connectivity index (χ2v) is 5.62. The summed E-state index contributed by atoms with van der Waals surface area (Å²) in [6.45, 7) is 1.99. The average molecular weight is 292 g/mol. The van der Waals surface area contributed by atoms with E-state index in [0.717, 1.165) is 12.8 Å². The molecule has 1 fully saturated rings. The molecular weight excluding hydrogens is 272 g/mol. The Labute approximate surface area is 122 Å². The highest BCUT2D eigenvalue weighted by molar-refractivity contribution is 5.99. The van der Waals surface area contributed by atoms with Crippen molar-refractivity contribution < 1.29 is 19.5 Å². The Kier molecular flexibility index (Phi) is 4.77. The summed E-state index contributed by atoms with van der Waals surface area (Å²) in [5.41, 5.74) is 0.863. The van der Waals surface area contributed by atoms with Crippen molar-refractivity contribution in [3.63, 3.8) is 0 Å². The highest BCUT2D eigenvalue weighted by Crippen LogP contribution is 2.28. The Balaban J connectivity index is 1.79. The van der Waals surface area contributed by atoms with Gasteiger partial charge in [0, 0.05) is 18.3 Å². The van der Waals surface area contributed by atoms with Crippen LogP contribution < -0.4 is 5.32 Å². The Bertz CT molecular complexity index is 542. The van der Waals surface area contributed by atoms with Crippen LogP contribution >= 0.6 is 0 Å². The average Bonchev–Trinajstić information content (AvgIpc) is 2.95. The molecule has 6 nitrogen and oxygen atoms in total. The van der Waals surface area contributed by atoms with E-state index in [9.17, 15) is 14.4 Å². The maximum Gasteiger partial charge on any atom is 0.306 e. The van der Waals surface area contributed by atoms with Gasteiger partial charge in [0.25, 0.3) is 5.91 Å². The fourth-order valence-electron chi connectivity index (χ4n) is 2.67. The van der Waals surface area contributed by atoms with Crippen molar-refractivity contribution in [2.75, 3.05) is 6.54 Å². The topological polar surface area (TPSA) is 99.3 Å². The van der Waals surface area contributed by atoms with Gasteiger partial charge in [0.1, 0.15) is 5.69 Å². The lowest BCUT2D eigenvalue weighted by molar-refractivity contribution is -0.143. The summed E-state index contributed by atoms with van der Waals surface area (Å²) < 4.78 is 0. The molecule has 0 spiro atoms. The second-order valence-electron chi connectivity index (χ2n) is 5.62. The zero-order valence-corrected chi connectivity index (χ0v) is 12.0. The molecule has 0 aliphatic heterocycles. The van der Waals surface area contributed by atoms with E-state index in [1.165, 1.54) is 13.1 Å². The number of carbonyl (C=O) groups excluding carboxylic acids is 2. The summed E-state index contributed by atoms with van der Waals surface area (Å²) in [5.74, 6) is -0.953. The fourth-order valence-corrected chi connectivity index (χ4v) is 2.67. The first-order chi connectivity index (χ1) is 9.97. The van der Waals surface area contributed by atoms with E-state index in [0.29, 0.717) is 36.6 Å². The van der Waals surface area contributed by atoms with Crippen LogP contribution in [0.1, 0.15) is 53.5 Å². The number of aromatic nitrogens is 1. The van der Waals surface area contributed by atoms with E-state index in [1.807, 2.05) is 0 Å². The summed E-state index contributed by atoms with van der Waals surface area (Å²) in [7, 11) is 0. The first-order valence-corrected chi connectivity index (χ1v) is 7.17. The molecule has 114 valence electrons. The number of aliphatic carboxylic acids is 1. The summed E-state index contributed by atoms with van der Waals surface area (Å²) >= 11 is 0. The van der Waals surface area contributed by atoms with E-state index >= 15 is 0 Å². The van der Waals surface area contributed by atoms with Crippen LogP contribution in [0.2, 0.25) is 0 Å². The van der Waals surface area contributed by atoms with Crippen LogP contribution in [0.4, 0.5) is 0 Å². The zero-order chi connectivity index (χ0) is 15.4. The van der Waals surface area contributed by atoms with Crippen LogP contribution in [0, 0.1) is 11.8 Å². The van der Waals surface area contributed by atoms with Gasteiger partial charge in [-0.25, -0.2) is 0 Å². The van der Waals surface area contributed by atoms with Gasteiger partial charge in [-0.15, -0.1) is 0 Å². The number of H-pyrrole nitrogens is 1. The van der Waals surface area contributed by atoms with E-state index in [4.69, 9.17) is 5.11 Å². The normalized spacial score (nSPS) is 21.8. The van der Waals surface area contributed by atoms with Gasteiger partial charge in [0.15, 0.2) is 5.78 Å². The Hall–Kier alpha value is -2.11. The zero-order valence-electron chi connectivity index (χ0n) is 12.0. The van der Waals surface area contributed by atoms with Crippen molar-refractivity contribution in [3.8, 4) is 0 Å². The second kappa shape index (κ2) is 6.56. The Morgan fingerprint density at radius 3 is 2.48 bits per heavy atom. The van der Waals surface area contributed by atoms with Gasteiger partial charge < -0.3 is 15.4 Å². The summed E-state index contributed by atoms with van der Waals surface area (Å²) in [6, 6.07) is 1.54. The molecule has 1 saturated carbocycles. The SMILES string of the molecule is CC(=O)c1c[nH]c(C(=O)NCC2CCC(C(=O)O)CC2)c1. The molecule has 1 aliphatic rings. The van der Waals surface area contributed by atoms with E-state index < -0.39 is 5.97 Å². The number of carboxylic acids is 1. The highest BCUT2D eigenvalue weighted by Gasteiger charge is 2.26.